The molecule has 0 saturated carbocycles. The van der Waals surface area contributed by atoms with Crippen molar-refractivity contribution in [2.75, 3.05) is 0 Å². The van der Waals surface area contributed by atoms with Crippen LogP contribution in [0.25, 0.3) is 10.9 Å². The van der Waals surface area contributed by atoms with E-state index in [2.05, 4.69) is 5.32 Å². The minimum atomic E-state index is -0.909. The molecule has 2 aromatic rings. The van der Waals surface area contributed by atoms with Crippen LogP contribution in [0.2, 0.25) is 0 Å². The molecule has 0 radical (unpaired) electrons. The topological polar surface area (TPSA) is 86.3 Å². The Morgan fingerprint density at radius 3 is 2.32 bits per heavy atom. The van der Waals surface area contributed by atoms with Crippen molar-refractivity contribution in [3.63, 3.8) is 0 Å². The third-order valence-electron chi connectivity index (χ3n) is 4.26. The van der Waals surface area contributed by atoms with Gasteiger partial charge in [0.05, 0.1) is 0 Å². The molecule has 3 N–H and O–H groups in total. The number of rotatable bonds is 4. The van der Waals surface area contributed by atoms with Crippen LogP contribution < -0.4 is 11.1 Å². The number of ether oxygens (including phenoxy) is 1. The number of primary amides is 1. The van der Waals surface area contributed by atoms with Crippen molar-refractivity contribution in [3.8, 4) is 0 Å². The standard InChI is InChI=1S/C19H27N3O3/c1-18(2,3)25-17(24)21-15(16(20)23)19(4,5)13-11-22(6)14-10-8-7-9-12(13)14/h7-11,15H,1-6H3,(H2,20,23)(H,21,24). The van der Waals surface area contributed by atoms with Gasteiger partial charge in [-0.25, -0.2) is 4.79 Å². The van der Waals surface area contributed by atoms with E-state index in [-0.39, 0.29) is 0 Å². The number of alkyl carbamates (subject to hydrolysis) is 1. The summed E-state index contributed by atoms with van der Waals surface area (Å²) in [6.07, 6.45) is 1.31. The van der Waals surface area contributed by atoms with Crippen LogP contribution in [0.15, 0.2) is 30.5 Å². The summed E-state index contributed by atoms with van der Waals surface area (Å²) in [4.78, 5) is 24.3. The predicted octanol–water partition coefficient (Wildman–Crippen LogP) is 2.83. The van der Waals surface area contributed by atoms with Gasteiger partial charge in [0, 0.05) is 29.6 Å². The molecule has 0 spiro atoms. The minimum absolute atomic E-state index is 0.608. The summed E-state index contributed by atoms with van der Waals surface area (Å²) >= 11 is 0. The Morgan fingerprint density at radius 2 is 1.76 bits per heavy atom. The van der Waals surface area contributed by atoms with Crippen LogP contribution in [0.1, 0.15) is 40.2 Å². The maximum absolute atomic E-state index is 12.2. The van der Waals surface area contributed by atoms with Gasteiger partial charge in [0.1, 0.15) is 11.6 Å². The molecule has 1 atom stereocenters. The number of aryl methyl sites for hydroxylation is 1. The lowest BCUT2D eigenvalue weighted by atomic mass is 9.77. The number of nitrogens with two attached hydrogens (primary N) is 1. The molecule has 2 rings (SSSR count). The fourth-order valence-corrected chi connectivity index (χ4v) is 3.04. The number of fused-ring (bicyclic) bond motifs is 1. The highest BCUT2D eigenvalue weighted by molar-refractivity contribution is 5.90. The van der Waals surface area contributed by atoms with Crippen LogP contribution in [0.4, 0.5) is 4.79 Å². The molecule has 0 aliphatic rings. The Bertz CT molecular complexity index is 800. The van der Waals surface area contributed by atoms with E-state index in [1.54, 1.807) is 20.8 Å². The number of nitrogens with one attached hydrogen (secondary N) is 1. The maximum atomic E-state index is 12.2. The number of carbonyl (C=O) groups excluding carboxylic acids is 2. The molecule has 6 heteroatoms. The Hall–Kier alpha value is -2.50. The van der Waals surface area contributed by atoms with Gasteiger partial charge < -0.3 is 20.4 Å². The SMILES string of the molecule is Cn1cc(C(C)(C)C(NC(=O)OC(C)(C)C)C(N)=O)c2ccccc21. The molecule has 1 aromatic carbocycles. The van der Waals surface area contributed by atoms with E-state index in [4.69, 9.17) is 10.5 Å². The van der Waals surface area contributed by atoms with Crippen molar-refractivity contribution in [1.29, 1.82) is 0 Å². The normalized spacial score (nSPS) is 13.5. The largest absolute Gasteiger partial charge is 0.444 e. The molecule has 25 heavy (non-hydrogen) atoms. The maximum Gasteiger partial charge on any atom is 0.408 e. The number of amides is 2. The zero-order valence-electron chi connectivity index (χ0n) is 15.7. The van der Waals surface area contributed by atoms with E-state index < -0.39 is 29.1 Å². The number of nitrogens with zero attached hydrogens (tertiary/aromatic N) is 1. The number of hydrogen-bond donors (Lipinski definition) is 2. The van der Waals surface area contributed by atoms with Crippen molar-refractivity contribution >= 4 is 22.9 Å². The molecule has 0 aliphatic heterocycles. The first kappa shape index (κ1) is 18.8. The van der Waals surface area contributed by atoms with E-state index in [0.717, 1.165) is 16.5 Å². The highest BCUT2D eigenvalue weighted by Gasteiger charge is 2.39. The van der Waals surface area contributed by atoms with E-state index in [0.29, 0.717) is 0 Å². The van der Waals surface area contributed by atoms with Crippen LogP contribution in [0.5, 0.6) is 0 Å². The van der Waals surface area contributed by atoms with Gasteiger partial charge in [-0.15, -0.1) is 0 Å². The lowest BCUT2D eigenvalue weighted by molar-refractivity contribution is -0.121. The summed E-state index contributed by atoms with van der Waals surface area (Å²) in [5, 5.41) is 3.66. The van der Waals surface area contributed by atoms with E-state index in [1.165, 1.54) is 0 Å². The highest BCUT2D eigenvalue weighted by Crippen LogP contribution is 2.34. The minimum Gasteiger partial charge on any atom is -0.444 e. The summed E-state index contributed by atoms with van der Waals surface area (Å²) < 4.78 is 7.28. The van der Waals surface area contributed by atoms with Gasteiger partial charge in [0.2, 0.25) is 5.91 Å². The average Bonchev–Trinajstić information content (AvgIpc) is 2.81. The van der Waals surface area contributed by atoms with Crippen LogP contribution in [0.3, 0.4) is 0 Å². The molecule has 1 unspecified atom stereocenters. The Morgan fingerprint density at radius 1 is 1.16 bits per heavy atom. The van der Waals surface area contributed by atoms with Gasteiger partial charge >= 0.3 is 6.09 Å². The second-order valence-electron chi connectivity index (χ2n) is 7.87. The van der Waals surface area contributed by atoms with E-state index >= 15 is 0 Å². The molecular formula is C19H27N3O3. The first-order valence-corrected chi connectivity index (χ1v) is 8.27. The summed E-state index contributed by atoms with van der Waals surface area (Å²) in [5.74, 6) is -0.608. The zero-order chi connectivity index (χ0) is 19.0. The average molecular weight is 345 g/mol. The predicted molar refractivity (Wildman–Crippen MR) is 98.3 cm³/mol. The summed E-state index contributed by atoms with van der Waals surface area (Å²) in [6, 6.07) is 7.01. The number of aromatic nitrogens is 1. The number of para-hydroxylation sites is 1. The molecule has 0 aliphatic carbocycles. The molecule has 2 amide bonds. The molecular weight excluding hydrogens is 318 g/mol. The van der Waals surface area contributed by atoms with Gasteiger partial charge in [-0.2, -0.15) is 0 Å². The van der Waals surface area contributed by atoms with Gasteiger partial charge in [0.25, 0.3) is 0 Å². The third kappa shape index (κ3) is 3.95. The number of hydrogen-bond acceptors (Lipinski definition) is 3. The summed E-state index contributed by atoms with van der Waals surface area (Å²) in [6.45, 7) is 9.08. The number of carbonyl (C=O) groups is 2. The van der Waals surface area contributed by atoms with Gasteiger partial charge in [-0.05, 0) is 32.4 Å². The molecule has 0 bridgehead atoms. The Labute approximate surface area is 148 Å². The van der Waals surface area contributed by atoms with Crippen LogP contribution in [-0.2, 0) is 22.0 Å². The van der Waals surface area contributed by atoms with Gasteiger partial charge in [-0.1, -0.05) is 32.0 Å². The molecule has 136 valence electrons. The Kier molecular flexibility index (Phi) is 4.84. The number of benzene rings is 1. The van der Waals surface area contributed by atoms with Crippen molar-refractivity contribution in [1.82, 2.24) is 9.88 Å². The molecule has 0 fully saturated rings. The monoisotopic (exact) mass is 345 g/mol. The fraction of sp³-hybridized carbons (Fsp3) is 0.474. The second-order valence-corrected chi connectivity index (χ2v) is 7.87. The lowest BCUT2D eigenvalue weighted by Crippen LogP contribution is -2.55. The smallest absolute Gasteiger partial charge is 0.408 e. The molecule has 0 saturated heterocycles. The summed E-state index contributed by atoms with van der Waals surface area (Å²) in [5.41, 5.74) is 6.21. The summed E-state index contributed by atoms with van der Waals surface area (Å²) in [7, 11) is 1.95. The van der Waals surface area contributed by atoms with Gasteiger partial charge in [0.15, 0.2) is 0 Å². The van der Waals surface area contributed by atoms with Crippen molar-refractivity contribution in [3.05, 3.63) is 36.0 Å². The highest BCUT2D eigenvalue weighted by atomic mass is 16.6. The molecule has 6 nitrogen and oxygen atoms in total. The quantitative estimate of drug-likeness (QED) is 0.893. The Balaban J connectivity index is 2.42. The fourth-order valence-electron chi connectivity index (χ4n) is 3.04. The molecule has 1 aromatic heterocycles. The first-order chi connectivity index (χ1) is 11.4. The van der Waals surface area contributed by atoms with Crippen LogP contribution in [0, 0.1) is 0 Å². The van der Waals surface area contributed by atoms with Crippen molar-refractivity contribution in [2.45, 2.75) is 51.7 Å². The molecule has 1 heterocycles. The second kappa shape index (κ2) is 6.43. The van der Waals surface area contributed by atoms with E-state index in [1.807, 2.05) is 55.9 Å². The zero-order valence-corrected chi connectivity index (χ0v) is 15.7. The van der Waals surface area contributed by atoms with Crippen LogP contribution in [-0.4, -0.2) is 28.2 Å². The lowest BCUT2D eigenvalue weighted by Gasteiger charge is -2.33. The first-order valence-electron chi connectivity index (χ1n) is 8.27. The van der Waals surface area contributed by atoms with Crippen molar-refractivity contribution < 1.29 is 14.3 Å². The third-order valence-corrected chi connectivity index (χ3v) is 4.26. The van der Waals surface area contributed by atoms with E-state index in [9.17, 15) is 9.59 Å². The van der Waals surface area contributed by atoms with Crippen molar-refractivity contribution in [2.24, 2.45) is 12.8 Å². The van der Waals surface area contributed by atoms with Crippen LogP contribution >= 0.6 is 0 Å². The van der Waals surface area contributed by atoms with Gasteiger partial charge in [-0.3, -0.25) is 4.79 Å².